The number of phenolic OH excluding ortho intramolecular Hbond substituents is 1. The van der Waals surface area contributed by atoms with Crippen LogP contribution in [-0.2, 0) is 4.74 Å². The van der Waals surface area contributed by atoms with E-state index in [0.29, 0.717) is 5.69 Å². The molecule has 0 saturated heterocycles. The first-order valence-electron chi connectivity index (χ1n) is 8.55. The van der Waals surface area contributed by atoms with E-state index in [4.69, 9.17) is 4.74 Å². The van der Waals surface area contributed by atoms with Crippen molar-refractivity contribution in [2.24, 2.45) is 0 Å². The summed E-state index contributed by atoms with van der Waals surface area (Å²) in [7, 11) is 0. The molecule has 0 aliphatic heterocycles. The molecular weight excluding hydrogens is 326 g/mol. The molecule has 0 bridgehead atoms. The molecule has 1 aliphatic rings. The van der Waals surface area contributed by atoms with E-state index in [2.05, 4.69) is 29.6 Å². The number of aromatic hydroxyl groups is 1. The fraction of sp³-hybridized carbons (Fsp3) is 0.136. The molecule has 3 aromatic carbocycles. The van der Waals surface area contributed by atoms with Crippen molar-refractivity contribution in [3.8, 4) is 16.9 Å². The van der Waals surface area contributed by atoms with Gasteiger partial charge in [0.05, 0.1) is 5.69 Å². The van der Waals surface area contributed by atoms with Crippen LogP contribution in [0.5, 0.6) is 5.75 Å². The van der Waals surface area contributed by atoms with Crippen molar-refractivity contribution in [1.82, 2.24) is 0 Å². The van der Waals surface area contributed by atoms with Gasteiger partial charge in [-0.1, -0.05) is 54.6 Å². The summed E-state index contributed by atoms with van der Waals surface area (Å²) in [6, 6.07) is 21.5. The van der Waals surface area contributed by atoms with Crippen LogP contribution >= 0.6 is 0 Å². The summed E-state index contributed by atoms with van der Waals surface area (Å²) < 4.78 is 5.47. The Morgan fingerprint density at radius 1 is 1.00 bits per heavy atom. The Labute approximate surface area is 152 Å². The number of hydrogen-bond donors (Lipinski definition) is 2. The molecule has 0 unspecified atom stereocenters. The highest BCUT2D eigenvalue weighted by molar-refractivity contribution is 5.87. The number of phenols is 1. The summed E-state index contributed by atoms with van der Waals surface area (Å²) in [5.74, 6) is 0.0401. The van der Waals surface area contributed by atoms with Crippen LogP contribution in [-0.4, -0.2) is 17.8 Å². The van der Waals surface area contributed by atoms with Crippen molar-refractivity contribution in [2.75, 3.05) is 11.9 Å². The van der Waals surface area contributed by atoms with Gasteiger partial charge in [-0.25, -0.2) is 4.79 Å². The van der Waals surface area contributed by atoms with Crippen LogP contribution in [0.25, 0.3) is 11.1 Å². The highest BCUT2D eigenvalue weighted by atomic mass is 16.5. The van der Waals surface area contributed by atoms with Gasteiger partial charge in [0.15, 0.2) is 0 Å². The lowest BCUT2D eigenvalue weighted by Crippen LogP contribution is -2.18. The molecule has 26 heavy (non-hydrogen) atoms. The van der Waals surface area contributed by atoms with Gasteiger partial charge in [0.2, 0.25) is 0 Å². The van der Waals surface area contributed by atoms with Crippen LogP contribution in [0.2, 0.25) is 0 Å². The highest BCUT2D eigenvalue weighted by Gasteiger charge is 2.29. The maximum absolute atomic E-state index is 12.2. The lowest BCUT2D eigenvalue weighted by molar-refractivity contribution is 0.158. The van der Waals surface area contributed by atoms with Gasteiger partial charge >= 0.3 is 6.09 Å². The van der Waals surface area contributed by atoms with Crippen LogP contribution in [0.4, 0.5) is 10.5 Å². The molecule has 0 heterocycles. The summed E-state index contributed by atoms with van der Waals surface area (Å²) in [5, 5.41) is 12.5. The molecule has 4 nitrogen and oxygen atoms in total. The largest absolute Gasteiger partial charge is 0.506 e. The van der Waals surface area contributed by atoms with Gasteiger partial charge in [-0.3, -0.25) is 5.32 Å². The fourth-order valence-corrected chi connectivity index (χ4v) is 3.49. The second-order valence-electron chi connectivity index (χ2n) is 6.47. The Balaban J connectivity index is 1.50. The van der Waals surface area contributed by atoms with Crippen molar-refractivity contribution in [2.45, 2.75) is 12.8 Å². The van der Waals surface area contributed by atoms with Crippen LogP contribution in [0, 0.1) is 6.92 Å². The molecule has 3 aromatic rings. The zero-order valence-electron chi connectivity index (χ0n) is 14.4. The van der Waals surface area contributed by atoms with E-state index < -0.39 is 6.09 Å². The molecule has 0 aromatic heterocycles. The lowest BCUT2D eigenvalue weighted by atomic mass is 9.98. The standard InChI is InChI=1S/C22H19NO3/c1-14-10-11-20(21(24)12-14)23-22(25)26-13-19-17-8-4-2-6-15(17)16-7-3-5-9-18(16)19/h2-12,19,24H,13H2,1H3,(H,23,25). The summed E-state index contributed by atoms with van der Waals surface area (Å²) in [6.07, 6.45) is -0.578. The van der Waals surface area contributed by atoms with Gasteiger partial charge in [0.25, 0.3) is 0 Å². The third-order valence-electron chi connectivity index (χ3n) is 4.73. The second kappa shape index (κ2) is 6.56. The van der Waals surface area contributed by atoms with Gasteiger partial charge in [-0.05, 0) is 46.9 Å². The van der Waals surface area contributed by atoms with E-state index in [0.717, 1.165) is 5.56 Å². The van der Waals surface area contributed by atoms with E-state index in [1.54, 1.807) is 12.1 Å². The molecule has 130 valence electrons. The van der Waals surface area contributed by atoms with E-state index in [9.17, 15) is 9.90 Å². The number of hydrogen-bond acceptors (Lipinski definition) is 3. The quantitative estimate of drug-likeness (QED) is 0.652. The Morgan fingerprint density at radius 2 is 1.62 bits per heavy atom. The number of aryl methyl sites for hydroxylation is 1. The SMILES string of the molecule is Cc1ccc(NC(=O)OCC2c3ccccc3-c3ccccc32)c(O)c1. The van der Waals surface area contributed by atoms with Crippen LogP contribution in [0.15, 0.2) is 66.7 Å². The number of nitrogens with one attached hydrogen (secondary N) is 1. The second-order valence-corrected chi connectivity index (χ2v) is 6.47. The minimum Gasteiger partial charge on any atom is -0.506 e. The zero-order valence-corrected chi connectivity index (χ0v) is 14.4. The van der Waals surface area contributed by atoms with E-state index in [-0.39, 0.29) is 18.3 Å². The predicted octanol–water partition coefficient (Wildman–Crippen LogP) is 5.06. The Bertz CT molecular complexity index is 935. The number of carbonyl (C=O) groups is 1. The molecule has 4 rings (SSSR count). The monoisotopic (exact) mass is 345 g/mol. The van der Waals surface area contributed by atoms with Crippen LogP contribution in [0.3, 0.4) is 0 Å². The average molecular weight is 345 g/mol. The number of fused-ring (bicyclic) bond motifs is 3. The Kier molecular flexibility index (Phi) is 4.09. The zero-order chi connectivity index (χ0) is 18.1. The number of benzene rings is 3. The molecule has 2 N–H and O–H groups in total. The number of anilines is 1. The molecule has 1 aliphatic carbocycles. The third-order valence-corrected chi connectivity index (χ3v) is 4.73. The first-order chi connectivity index (χ1) is 12.6. The minimum atomic E-state index is -0.578. The van der Waals surface area contributed by atoms with Gasteiger partial charge in [-0.2, -0.15) is 0 Å². The Morgan fingerprint density at radius 3 is 2.23 bits per heavy atom. The number of amides is 1. The molecule has 0 saturated carbocycles. The summed E-state index contributed by atoms with van der Waals surface area (Å²) >= 11 is 0. The normalized spacial score (nSPS) is 12.3. The summed E-state index contributed by atoms with van der Waals surface area (Å²) in [4.78, 5) is 12.2. The summed E-state index contributed by atoms with van der Waals surface area (Å²) in [5.41, 5.74) is 5.97. The van der Waals surface area contributed by atoms with Crippen molar-refractivity contribution in [3.63, 3.8) is 0 Å². The molecule has 1 amide bonds. The van der Waals surface area contributed by atoms with Crippen molar-refractivity contribution < 1.29 is 14.6 Å². The smallest absolute Gasteiger partial charge is 0.411 e. The van der Waals surface area contributed by atoms with E-state index in [1.165, 1.54) is 22.3 Å². The topological polar surface area (TPSA) is 58.6 Å². The van der Waals surface area contributed by atoms with Gasteiger partial charge < -0.3 is 9.84 Å². The average Bonchev–Trinajstić information content (AvgIpc) is 2.96. The molecule has 0 atom stereocenters. The van der Waals surface area contributed by atoms with Crippen LogP contribution < -0.4 is 5.32 Å². The van der Waals surface area contributed by atoms with E-state index >= 15 is 0 Å². The van der Waals surface area contributed by atoms with Crippen molar-refractivity contribution in [1.29, 1.82) is 0 Å². The van der Waals surface area contributed by atoms with Crippen molar-refractivity contribution in [3.05, 3.63) is 83.4 Å². The maximum atomic E-state index is 12.2. The first kappa shape index (κ1) is 16.2. The lowest BCUT2D eigenvalue weighted by Gasteiger charge is -2.15. The molecule has 0 fully saturated rings. The number of rotatable bonds is 3. The molecule has 4 heteroatoms. The van der Waals surface area contributed by atoms with Crippen LogP contribution in [0.1, 0.15) is 22.6 Å². The maximum Gasteiger partial charge on any atom is 0.411 e. The first-order valence-corrected chi connectivity index (χ1v) is 8.55. The Hall–Kier alpha value is -3.27. The highest BCUT2D eigenvalue weighted by Crippen LogP contribution is 2.44. The van der Waals surface area contributed by atoms with Gasteiger partial charge in [-0.15, -0.1) is 0 Å². The minimum absolute atomic E-state index is 0.0137. The summed E-state index contributed by atoms with van der Waals surface area (Å²) in [6.45, 7) is 2.11. The van der Waals surface area contributed by atoms with Gasteiger partial charge in [0, 0.05) is 5.92 Å². The fourth-order valence-electron chi connectivity index (χ4n) is 3.49. The number of carbonyl (C=O) groups excluding carboxylic acids is 1. The molecular formula is C22H19NO3. The van der Waals surface area contributed by atoms with Crippen molar-refractivity contribution >= 4 is 11.8 Å². The predicted molar refractivity (Wildman–Crippen MR) is 102 cm³/mol. The number of ether oxygens (including phenoxy) is 1. The third kappa shape index (κ3) is 2.90. The van der Waals surface area contributed by atoms with E-state index in [1.807, 2.05) is 37.3 Å². The molecule has 0 spiro atoms. The van der Waals surface area contributed by atoms with Gasteiger partial charge in [0.1, 0.15) is 12.4 Å². The molecule has 0 radical (unpaired) electrons.